The number of carbonyl (C=O) groups excluding carboxylic acids is 2. The Morgan fingerprint density at radius 2 is 2.00 bits per heavy atom. The number of hydrogen-bond acceptors (Lipinski definition) is 4. The summed E-state index contributed by atoms with van der Waals surface area (Å²) in [5.41, 5.74) is 2.20. The van der Waals surface area contributed by atoms with Crippen LogP contribution < -0.4 is 5.32 Å². The van der Waals surface area contributed by atoms with Crippen LogP contribution in [0.25, 0.3) is 0 Å². The van der Waals surface area contributed by atoms with Crippen LogP contribution in [-0.4, -0.2) is 44.3 Å². The number of pyridine rings is 1. The zero-order valence-corrected chi connectivity index (χ0v) is 16.8. The van der Waals surface area contributed by atoms with E-state index in [-0.39, 0.29) is 11.8 Å². The fourth-order valence-electron chi connectivity index (χ4n) is 3.65. The second-order valence-electron chi connectivity index (χ2n) is 7.18. The molecule has 3 heterocycles. The molecule has 0 bridgehead atoms. The highest BCUT2D eigenvalue weighted by Crippen LogP contribution is 2.22. The van der Waals surface area contributed by atoms with Crippen molar-refractivity contribution in [2.45, 2.75) is 59.0 Å². The summed E-state index contributed by atoms with van der Waals surface area (Å²) in [7, 11) is 0. The molecule has 0 aliphatic carbocycles. The zero-order valence-electron chi connectivity index (χ0n) is 16.8. The maximum Gasteiger partial charge on any atom is 0.289 e. The van der Waals surface area contributed by atoms with Crippen molar-refractivity contribution >= 4 is 11.8 Å². The van der Waals surface area contributed by atoms with Crippen LogP contribution in [0.1, 0.15) is 71.9 Å². The first-order valence-corrected chi connectivity index (χ1v) is 10.2. The molecule has 1 aliphatic rings. The Morgan fingerprint density at radius 1 is 1.21 bits per heavy atom. The standard InChI is InChI=1S/C21H29N5O2/c1-3-11-25(12-4-2)21(28)19-24-18(17-9-5-6-13-26(17)19)20(27)23-15-16-8-7-10-22-14-16/h7-8,10,14H,3-6,9,11-13,15H2,1-2H3,(H,23,27). The lowest BCUT2D eigenvalue weighted by Gasteiger charge is -2.23. The van der Waals surface area contributed by atoms with E-state index in [1.165, 1.54) is 0 Å². The molecular formula is C21H29N5O2. The van der Waals surface area contributed by atoms with Crippen molar-refractivity contribution in [3.8, 4) is 0 Å². The molecule has 1 N–H and O–H groups in total. The summed E-state index contributed by atoms with van der Waals surface area (Å²) >= 11 is 0. The van der Waals surface area contributed by atoms with Crippen molar-refractivity contribution in [2.75, 3.05) is 13.1 Å². The number of fused-ring (bicyclic) bond motifs is 1. The van der Waals surface area contributed by atoms with Gasteiger partial charge in [0.2, 0.25) is 0 Å². The molecule has 28 heavy (non-hydrogen) atoms. The fourth-order valence-corrected chi connectivity index (χ4v) is 3.65. The Morgan fingerprint density at radius 3 is 2.68 bits per heavy atom. The van der Waals surface area contributed by atoms with Crippen LogP contribution >= 0.6 is 0 Å². The second kappa shape index (κ2) is 9.48. The van der Waals surface area contributed by atoms with E-state index in [1.807, 2.05) is 21.6 Å². The van der Waals surface area contributed by atoms with Gasteiger partial charge in [0, 0.05) is 38.6 Å². The van der Waals surface area contributed by atoms with Crippen LogP contribution in [0.4, 0.5) is 0 Å². The van der Waals surface area contributed by atoms with Crippen LogP contribution in [0.2, 0.25) is 0 Å². The van der Waals surface area contributed by atoms with E-state index in [0.29, 0.717) is 31.2 Å². The van der Waals surface area contributed by atoms with Crippen LogP contribution in [0.5, 0.6) is 0 Å². The number of nitrogens with one attached hydrogen (secondary N) is 1. The van der Waals surface area contributed by atoms with Gasteiger partial charge in [-0.05, 0) is 43.7 Å². The van der Waals surface area contributed by atoms with Crippen LogP contribution in [0.3, 0.4) is 0 Å². The summed E-state index contributed by atoms with van der Waals surface area (Å²) in [5.74, 6) is 0.104. The maximum absolute atomic E-state index is 13.1. The quantitative estimate of drug-likeness (QED) is 0.760. The third kappa shape index (κ3) is 4.40. The van der Waals surface area contributed by atoms with Gasteiger partial charge in [-0.1, -0.05) is 19.9 Å². The Hall–Kier alpha value is -2.70. The van der Waals surface area contributed by atoms with Gasteiger partial charge in [0.25, 0.3) is 11.8 Å². The highest BCUT2D eigenvalue weighted by Gasteiger charge is 2.29. The highest BCUT2D eigenvalue weighted by molar-refractivity contribution is 5.97. The normalized spacial score (nSPS) is 13.1. The largest absolute Gasteiger partial charge is 0.347 e. The van der Waals surface area contributed by atoms with E-state index in [0.717, 1.165) is 49.9 Å². The van der Waals surface area contributed by atoms with Crippen molar-refractivity contribution < 1.29 is 9.59 Å². The van der Waals surface area contributed by atoms with Gasteiger partial charge in [0.1, 0.15) is 5.69 Å². The van der Waals surface area contributed by atoms with Crippen molar-refractivity contribution in [3.05, 3.63) is 47.3 Å². The summed E-state index contributed by atoms with van der Waals surface area (Å²) in [6, 6.07) is 3.76. The van der Waals surface area contributed by atoms with Crippen molar-refractivity contribution in [2.24, 2.45) is 0 Å². The minimum atomic E-state index is -0.230. The second-order valence-corrected chi connectivity index (χ2v) is 7.18. The minimum absolute atomic E-state index is 0.0711. The SMILES string of the molecule is CCCN(CCC)C(=O)c1nc(C(=O)NCc2cccnc2)c2n1CCCC2. The number of imidazole rings is 1. The van der Waals surface area contributed by atoms with Gasteiger partial charge >= 0.3 is 0 Å². The van der Waals surface area contributed by atoms with E-state index < -0.39 is 0 Å². The molecule has 0 saturated carbocycles. The summed E-state index contributed by atoms with van der Waals surface area (Å²) in [6.07, 6.45) is 8.02. The minimum Gasteiger partial charge on any atom is -0.347 e. The highest BCUT2D eigenvalue weighted by atomic mass is 16.2. The third-order valence-corrected chi connectivity index (χ3v) is 4.97. The third-order valence-electron chi connectivity index (χ3n) is 4.97. The van der Waals surface area contributed by atoms with Crippen molar-refractivity contribution in [1.29, 1.82) is 0 Å². The molecule has 2 amide bonds. The van der Waals surface area contributed by atoms with E-state index >= 15 is 0 Å². The monoisotopic (exact) mass is 383 g/mol. The molecule has 7 nitrogen and oxygen atoms in total. The molecule has 2 aromatic rings. The molecular weight excluding hydrogens is 354 g/mol. The molecule has 7 heteroatoms. The molecule has 150 valence electrons. The molecule has 0 fully saturated rings. The molecule has 0 radical (unpaired) electrons. The van der Waals surface area contributed by atoms with Gasteiger partial charge in [0.05, 0.1) is 5.69 Å². The van der Waals surface area contributed by atoms with Crippen molar-refractivity contribution in [3.63, 3.8) is 0 Å². The molecule has 1 aliphatic heterocycles. The topological polar surface area (TPSA) is 80.1 Å². The number of nitrogens with zero attached hydrogens (tertiary/aromatic N) is 4. The first kappa shape index (κ1) is 20.0. The van der Waals surface area contributed by atoms with Gasteiger partial charge in [-0.2, -0.15) is 0 Å². The lowest BCUT2D eigenvalue weighted by atomic mass is 10.1. The predicted molar refractivity (Wildman–Crippen MR) is 107 cm³/mol. The van der Waals surface area contributed by atoms with Gasteiger partial charge in [-0.3, -0.25) is 14.6 Å². The van der Waals surface area contributed by atoms with Crippen LogP contribution in [-0.2, 0) is 19.5 Å². The van der Waals surface area contributed by atoms with E-state index in [4.69, 9.17) is 0 Å². The molecule has 0 saturated heterocycles. The Bertz CT molecular complexity index is 810. The number of rotatable bonds is 8. The molecule has 0 spiro atoms. The molecule has 0 atom stereocenters. The first-order chi connectivity index (χ1) is 13.7. The molecule has 2 aromatic heterocycles. The van der Waals surface area contributed by atoms with Gasteiger partial charge in [-0.25, -0.2) is 4.98 Å². The molecule has 0 unspecified atom stereocenters. The Balaban J connectivity index is 1.84. The van der Waals surface area contributed by atoms with Crippen LogP contribution in [0, 0.1) is 0 Å². The number of carbonyl (C=O) groups is 2. The maximum atomic E-state index is 13.1. The van der Waals surface area contributed by atoms with Gasteiger partial charge < -0.3 is 14.8 Å². The smallest absolute Gasteiger partial charge is 0.289 e. The fraction of sp³-hybridized carbons (Fsp3) is 0.524. The number of aromatic nitrogens is 3. The number of hydrogen-bond donors (Lipinski definition) is 1. The molecule has 3 rings (SSSR count). The first-order valence-electron chi connectivity index (χ1n) is 10.2. The van der Waals surface area contributed by atoms with Crippen LogP contribution in [0.15, 0.2) is 24.5 Å². The molecule has 0 aromatic carbocycles. The Labute approximate surface area is 166 Å². The lowest BCUT2D eigenvalue weighted by molar-refractivity contribution is 0.0737. The van der Waals surface area contributed by atoms with Crippen molar-refractivity contribution in [1.82, 2.24) is 24.8 Å². The Kier molecular flexibility index (Phi) is 6.79. The lowest BCUT2D eigenvalue weighted by Crippen LogP contribution is -2.35. The summed E-state index contributed by atoms with van der Waals surface area (Å²) in [5, 5.41) is 2.92. The zero-order chi connectivity index (χ0) is 19.9. The number of amides is 2. The summed E-state index contributed by atoms with van der Waals surface area (Å²) < 4.78 is 1.96. The average molecular weight is 383 g/mol. The average Bonchev–Trinajstić information content (AvgIpc) is 3.12. The summed E-state index contributed by atoms with van der Waals surface area (Å²) in [6.45, 7) is 6.67. The summed E-state index contributed by atoms with van der Waals surface area (Å²) in [4.78, 5) is 36.4. The van der Waals surface area contributed by atoms with E-state index in [1.54, 1.807) is 12.4 Å². The van der Waals surface area contributed by atoms with E-state index in [2.05, 4.69) is 29.1 Å². The van der Waals surface area contributed by atoms with Gasteiger partial charge in [-0.15, -0.1) is 0 Å². The van der Waals surface area contributed by atoms with E-state index in [9.17, 15) is 9.59 Å². The predicted octanol–water partition coefficient (Wildman–Crippen LogP) is 2.81. The van der Waals surface area contributed by atoms with Gasteiger partial charge in [0.15, 0.2) is 5.82 Å².